The molecule has 0 spiro atoms. The third-order valence-corrected chi connectivity index (χ3v) is 3.92. The number of para-hydroxylation sites is 1. The van der Waals surface area contributed by atoms with Crippen LogP contribution >= 0.6 is 0 Å². The number of carboxylic acids is 1. The molecule has 7 nitrogen and oxygen atoms in total. The van der Waals surface area contributed by atoms with Gasteiger partial charge in [0.15, 0.2) is 5.76 Å². The first-order valence-electron chi connectivity index (χ1n) is 7.89. The van der Waals surface area contributed by atoms with Crippen LogP contribution in [0, 0.1) is 5.92 Å². The number of aliphatic carboxylic acids is 1. The SMILES string of the molecule is CC[C@@H](C)[C@H](NC(=O)c1ccccc1NC(=O)c1ccco1)C(=O)[O-]. The predicted octanol–water partition coefficient (Wildman–Crippen LogP) is 1.43. The lowest BCUT2D eigenvalue weighted by Crippen LogP contribution is -2.51. The van der Waals surface area contributed by atoms with Gasteiger partial charge in [0.1, 0.15) is 0 Å². The average molecular weight is 343 g/mol. The van der Waals surface area contributed by atoms with Crippen LogP contribution in [-0.4, -0.2) is 23.8 Å². The number of anilines is 1. The van der Waals surface area contributed by atoms with Crippen LogP contribution in [-0.2, 0) is 4.79 Å². The first kappa shape index (κ1) is 18.3. The molecular weight excluding hydrogens is 324 g/mol. The van der Waals surface area contributed by atoms with Gasteiger partial charge in [0.05, 0.1) is 29.5 Å². The monoisotopic (exact) mass is 343 g/mol. The molecular formula is C18H19N2O5-. The molecule has 0 aliphatic carbocycles. The van der Waals surface area contributed by atoms with E-state index in [2.05, 4.69) is 10.6 Å². The van der Waals surface area contributed by atoms with Crippen molar-refractivity contribution in [3.8, 4) is 0 Å². The molecule has 0 unspecified atom stereocenters. The largest absolute Gasteiger partial charge is 0.548 e. The standard InChI is InChI=1S/C18H20N2O5/c1-3-11(2)15(18(23)24)20-16(21)12-7-4-5-8-13(12)19-17(22)14-9-6-10-25-14/h4-11,15H,3H2,1-2H3,(H,19,22)(H,20,21)(H,23,24)/p-1/t11-,15+/m1/s1. The smallest absolute Gasteiger partial charge is 0.291 e. The lowest BCUT2D eigenvalue weighted by Gasteiger charge is -2.25. The van der Waals surface area contributed by atoms with Crippen molar-refractivity contribution < 1.29 is 23.9 Å². The van der Waals surface area contributed by atoms with Gasteiger partial charge in [-0.15, -0.1) is 0 Å². The molecule has 2 atom stereocenters. The molecule has 7 heteroatoms. The van der Waals surface area contributed by atoms with Gasteiger partial charge in [-0.25, -0.2) is 0 Å². The Bertz CT molecular complexity index is 755. The summed E-state index contributed by atoms with van der Waals surface area (Å²) in [5, 5.41) is 16.3. The average Bonchev–Trinajstić information content (AvgIpc) is 3.13. The van der Waals surface area contributed by atoms with Crippen molar-refractivity contribution in [3.63, 3.8) is 0 Å². The van der Waals surface area contributed by atoms with Gasteiger partial charge in [-0.3, -0.25) is 9.59 Å². The molecule has 2 amide bonds. The van der Waals surface area contributed by atoms with E-state index in [0.717, 1.165) is 0 Å². The Balaban J connectivity index is 2.20. The van der Waals surface area contributed by atoms with Crippen molar-refractivity contribution >= 4 is 23.5 Å². The van der Waals surface area contributed by atoms with Crippen molar-refractivity contribution in [1.29, 1.82) is 0 Å². The molecule has 1 aromatic heterocycles. The summed E-state index contributed by atoms with van der Waals surface area (Å²) in [7, 11) is 0. The predicted molar refractivity (Wildman–Crippen MR) is 88.8 cm³/mol. The molecule has 2 rings (SSSR count). The highest BCUT2D eigenvalue weighted by molar-refractivity contribution is 6.08. The van der Waals surface area contributed by atoms with Gasteiger partial charge in [0.2, 0.25) is 0 Å². The third kappa shape index (κ3) is 4.47. The fraction of sp³-hybridized carbons (Fsp3) is 0.278. The summed E-state index contributed by atoms with van der Waals surface area (Å²) in [5.41, 5.74) is 0.402. The Morgan fingerprint density at radius 2 is 1.84 bits per heavy atom. The molecule has 0 aliphatic heterocycles. The lowest BCUT2D eigenvalue weighted by molar-refractivity contribution is -0.309. The second kappa shape index (κ2) is 8.14. The van der Waals surface area contributed by atoms with E-state index in [9.17, 15) is 19.5 Å². The first-order valence-corrected chi connectivity index (χ1v) is 7.89. The number of amides is 2. The Hall–Kier alpha value is -3.09. The topological polar surface area (TPSA) is 111 Å². The minimum atomic E-state index is -1.35. The van der Waals surface area contributed by atoms with Gasteiger partial charge in [-0.1, -0.05) is 32.4 Å². The van der Waals surface area contributed by atoms with E-state index in [1.54, 1.807) is 31.2 Å². The number of carbonyl (C=O) groups excluding carboxylic acids is 3. The van der Waals surface area contributed by atoms with Gasteiger partial charge in [0, 0.05) is 0 Å². The summed E-state index contributed by atoms with van der Waals surface area (Å²) in [6.07, 6.45) is 1.93. The van der Waals surface area contributed by atoms with Crippen molar-refractivity contribution in [2.75, 3.05) is 5.32 Å². The summed E-state index contributed by atoms with van der Waals surface area (Å²) >= 11 is 0. The molecule has 0 radical (unpaired) electrons. The number of rotatable bonds is 7. The van der Waals surface area contributed by atoms with Gasteiger partial charge >= 0.3 is 0 Å². The zero-order chi connectivity index (χ0) is 18.4. The summed E-state index contributed by atoms with van der Waals surface area (Å²) in [4.78, 5) is 35.9. The lowest BCUT2D eigenvalue weighted by atomic mass is 9.98. The van der Waals surface area contributed by atoms with Crippen LogP contribution in [0.15, 0.2) is 47.1 Å². The zero-order valence-electron chi connectivity index (χ0n) is 13.9. The fourth-order valence-corrected chi connectivity index (χ4v) is 2.27. The quantitative estimate of drug-likeness (QED) is 0.790. The maximum atomic E-state index is 12.5. The molecule has 0 aliphatic rings. The van der Waals surface area contributed by atoms with Crippen molar-refractivity contribution in [1.82, 2.24) is 5.32 Å². The van der Waals surface area contributed by atoms with E-state index < -0.39 is 23.8 Å². The van der Waals surface area contributed by atoms with E-state index >= 15 is 0 Å². The highest BCUT2D eigenvalue weighted by atomic mass is 16.4. The molecule has 0 bridgehead atoms. The summed E-state index contributed by atoms with van der Waals surface area (Å²) in [6.45, 7) is 3.54. The second-order valence-corrected chi connectivity index (χ2v) is 5.63. The molecule has 0 saturated carbocycles. The fourth-order valence-electron chi connectivity index (χ4n) is 2.27. The maximum absolute atomic E-state index is 12.5. The van der Waals surface area contributed by atoms with E-state index in [1.807, 2.05) is 6.92 Å². The molecule has 0 fully saturated rings. The highest BCUT2D eigenvalue weighted by Crippen LogP contribution is 2.17. The Labute approximate surface area is 145 Å². The summed E-state index contributed by atoms with van der Waals surface area (Å²) in [6, 6.07) is 8.26. The molecule has 25 heavy (non-hydrogen) atoms. The van der Waals surface area contributed by atoms with Crippen molar-refractivity contribution in [3.05, 3.63) is 54.0 Å². The van der Waals surface area contributed by atoms with Crippen LogP contribution in [0.2, 0.25) is 0 Å². The van der Waals surface area contributed by atoms with Gasteiger partial charge < -0.3 is 25.0 Å². The Morgan fingerprint density at radius 1 is 1.12 bits per heavy atom. The van der Waals surface area contributed by atoms with Crippen LogP contribution in [0.1, 0.15) is 41.2 Å². The Morgan fingerprint density at radius 3 is 2.44 bits per heavy atom. The Kier molecular flexibility index (Phi) is 5.94. The molecule has 2 aromatic rings. The molecule has 0 saturated heterocycles. The molecule has 132 valence electrons. The number of benzene rings is 1. The molecule has 1 heterocycles. The van der Waals surface area contributed by atoms with Gasteiger partial charge in [-0.2, -0.15) is 0 Å². The van der Waals surface area contributed by atoms with Crippen LogP contribution < -0.4 is 15.7 Å². The number of hydrogen-bond acceptors (Lipinski definition) is 5. The summed E-state index contributed by atoms with van der Waals surface area (Å²) in [5.74, 6) is -2.66. The van der Waals surface area contributed by atoms with Crippen LogP contribution in [0.5, 0.6) is 0 Å². The van der Waals surface area contributed by atoms with Gasteiger partial charge in [-0.05, 0) is 30.2 Å². The van der Waals surface area contributed by atoms with Crippen LogP contribution in [0.3, 0.4) is 0 Å². The number of furan rings is 1. The van der Waals surface area contributed by atoms with E-state index in [0.29, 0.717) is 6.42 Å². The zero-order valence-corrected chi connectivity index (χ0v) is 13.9. The minimum Gasteiger partial charge on any atom is -0.548 e. The minimum absolute atomic E-state index is 0.0995. The highest BCUT2D eigenvalue weighted by Gasteiger charge is 2.22. The van der Waals surface area contributed by atoms with Crippen LogP contribution in [0.4, 0.5) is 5.69 Å². The van der Waals surface area contributed by atoms with Crippen molar-refractivity contribution in [2.24, 2.45) is 5.92 Å². The van der Waals surface area contributed by atoms with Crippen LogP contribution in [0.25, 0.3) is 0 Å². The second-order valence-electron chi connectivity index (χ2n) is 5.63. The van der Waals surface area contributed by atoms with Crippen molar-refractivity contribution in [2.45, 2.75) is 26.3 Å². The number of hydrogen-bond donors (Lipinski definition) is 2. The van der Waals surface area contributed by atoms with Gasteiger partial charge in [0.25, 0.3) is 11.8 Å². The normalized spacial score (nSPS) is 12.9. The maximum Gasteiger partial charge on any atom is 0.291 e. The number of carboxylic acid groups (broad SMARTS) is 1. The number of nitrogens with one attached hydrogen (secondary N) is 2. The van der Waals surface area contributed by atoms with E-state index in [4.69, 9.17) is 4.42 Å². The summed E-state index contributed by atoms with van der Waals surface area (Å²) < 4.78 is 5.01. The first-order chi connectivity index (χ1) is 11.9. The molecule has 1 aromatic carbocycles. The van der Waals surface area contributed by atoms with E-state index in [1.165, 1.54) is 18.4 Å². The molecule has 2 N–H and O–H groups in total. The third-order valence-electron chi connectivity index (χ3n) is 3.92. The number of carbonyl (C=O) groups is 3. The van der Waals surface area contributed by atoms with E-state index in [-0.39, 0.29) is 22.9 Å².